The van der Waals surface area contributed by atoms with Crippen LogP contribution >= 0.6 is 0 Å². The van der Waals surface area contributed by atoms with E-state index in [-0.39, 0.29) is 25.8 Å². The number of unbranched alkanes of at least 4 members (excludes halogenated alkanes) is 1. The van der Waals surface area contributed by atoms with E-state index in [1.165, 1.54) is 12.5 Å². The fraction of sp³-hybridized carbons (Fsp3) is 0.607. The summed E-state index contributed by atoms with van der Waals surface area (Å²) in [5, 5.41) is 58.3. The second-order valence-corrected chi connectivity index (χ2v) is 11.2. The summed E-state index contributed by atoms with van der Waals surface area (Å²) in [6.07, 6.45) is -0.398. The van der Waals surface area contributed by atoms with Crippen LogP contribution in [0.5, 0.6) is 0 Å². The molecule has 1 aromatic rings. The van der Waals surface area contributed by atoms with E-state index in [2.05, 4.69) is 31.2 Å². The van der Waals surface area contributed by atoms with Gasteiger partial charge in [-0.1, -0.05) is 0 Å². The number of aliphatic hydroxyl groups excluding tert-OH is 2. The monoisotopic (exact) mass is 715 g/mol. The van der Waals surface area contributed by atoms with E-state index in [1.807, 2.05) is 5.32 Å². The number of aromatic nitrogens is 2. The second-order valence-electron chi connectivity index (χ2n) is 11.2. The third-order valence-corrected chi connectivity index (χ3v) is 7.06. The molecule has 22 nitrogen and oxygen atoms in total. The van der Waals surface area contributed by atoms with Gasteiger partial charge in [0.15, 0.2) is 0 Å². The largest absolute Gasteiger partial charge is 0.481 e. The highest BCUT2D eigenvalue weighted by atomic mass is 16.4. The molecule has 0 fully saturated rings. The van der Waals surface area contributed by atoms with Crippen molar-refractivity contribution in [2.45, 2.75) is 94.2 Å². The molecule has 280 valence electrons. The van der Waals surface area contributed by atoms with Crippen LogP contribution in [0.15, 0.2) is 12.5 Å². The minimum atomic E-state index is -1.72. The highest BCUT2D eigenvalue weighted by Crippen LogP contribution is 2.07. The lowest BCUT2D eigenvalue weighted by Crippen LogP contribution is -2.61. The first-order chi connectivity index (χ1) is 23.5. The molecule has 0 saturated carbocycles. The van der Waals surface area contributed by atoms with Crippen LogP contribution in [-0.2, 0) is 44.8 Å². The Kier molecular flexibility index (Phi) is 18.6. The van der Waals surface area contributed by atoms with Crippen molar-refractivity contribution in [3.05, 3.63) is 18.2 Å². The van der Waals surface area contributed by atoms with Crippen LogP contribution in [0.2, 0.25) is 0 Å². The van der Waals surface area contributed by atoms with E-state index < -0.39 is 116 Å². The van der Waals surface area contributed by atoms with Gasteiger partial charge in [-0.2, -0.15) is 0 Å². The van der Waals surface area contributed by atoms with Gasteiger partial charge >= 0.3 is 17.9 Å². The molecule has 7 atom stereocenters. The average Bonchev–Trinajstić information content (AvgIpc) is 3.55. The van der Waals surface area contributed by atoms with Gasteiger partial charge in [-0.3, -0.25) is 33.6 Å². The van der Waals surface area contributed by atoms with Crippen molar-refractivity contribution in [1.82, 2.24) is 36.6 Å². The van der Waals surface area contributed by atoms with Crippen LogP contribution in [0.1, 0.15) is 51.1 Å². The molecule has 0 aliphatic rings. The zero-order valence-corrected chi connectivity index (χ0v) is 27.2. The number of nitrogens with zero attached hydrogens (tertiary/aromatic N) is 1. The van der Waals surface area contributed by atoms with E-state index >= 15 is 0 Å². The number of aliphatic hydroxyl groups is 2. The van der Waals surface area contributed by atoms with Crippen molar-refractivity contribution in [3.63, 3.8) is 0 Å². The van der Waals surface area contributed by atoms with Crippen LogP contribution in [0, 0.1) is 0 Å². The van der Waals surface area contributed by atoms with Crippen molar-refractivity contribution in [2.75, 3.05) is 13.2 Å². The molecule has 0 saturated heterocycles. The van der Waals surface area contributed by atoms with E-state index in [9.17, 15) is 53.7 Å². The first kappa shape index (κ1) is 42.8. The predicted octanol–water partition coefficient (Wildman–Crippen LogP) is -5.37. The molecule has 5 amide bonds. The summed E-state index contributed by atoms with van der Waals surface area (Å²) in [4.78, 5) is 105. The molecule has 0 unspecified atom stereocenters. The Labute approximate surface area is 285 Å². The van der Waals surface area contributed by atoms with Gasteiger partial charge in [-0.05, 0) is 39.2 Å². The molecule has 0 spiro atoms. The number of hydrogen-bond acceptors (Lipinski definition) is 13. The number of H-pyrrole nitrogens is 1. The maximum absolute atomic E-state index is 13.6. The Hall–Kier alpha value is -5.19. The lowest BCUT2D eigenvalue weighted by Gasteiger charge is -2.27. The molecule has 0 aliphatic carbocycles. The van der Waals surface area contributed by atoms with Gasteiger partial charge in [0.25, 0.3) is 0 Å². The summed E-state index contributed by atoms with van der Waals surface area (Å²) in [5.74, 6) is -9.50. The van der Waals surface area contributed by atoms with Crippen molar-refractivity contribution < 1.29 is 63.9 Å². The summed E-state index contributed by atoms with van der Waals surface area (Å²) in [5.41, 5.74) is 11.4. The first-order valence-corrected chi connectivity index (χ1v) is 15.4. The standard InChI is InChI=1S/C28H45N9O13/c1-13(39)22(37-23(44)15(30)9-21(42)43)27(48)35-18(8-14-10-31-12-32-14)25(46)33-16(4-2-3-7-29)24(45)36-19(11-38)26(47)34-17(28(49)50)5-6-20(40)41/h10,12-13,15-19,22,38-39H,2-9,11,29-30H2,1H3,(H,31,32)(H,33,46)(H,34,47)(H,35,48)(H,36,45)(H,37,44)(H,40,41)(H,42,43)(H,49,50)/t13-,15+,16+,17+,18+,19+,22+/m1/s1. The molecule has 0 aromatic carbocycles. The zero-order valence-electron chi connectivity index (χ0n) is 27.2. The second kappa shape index (κ2) is 21.7. The van der Waals surface area contributed by atoms with Crippen molar-refractivity contribution in [1.29, 1.82) is 0 Å². The summed E-state index contributed by atoms with van der Waals surface area (Å²) in [7, 11) is 0. The number of amides is 5. The number of hydrogen-bond donors (Lipinski definition) is 13. The minimum Gasteiger partial charge on any atom is -0.481 e. The SMILES string of the molecule is C[C@@H](O)[C@H](NC(=O)[C@@H](N)CC(=O)O)C(=O)N[C@@H](Cc1cnc[nH]1)C(=O)N[C@@H](CCCCN)C(=O)N[C@@H](CO)C(=O)N[C@@H](CCC(=O)O)C(=O)O. The maximum Gasteiger partial charge on any atom is 0.326 e. The van der Waals surface area contributed by atoms with Crippen molar-refractivity contribution in [3.8, 4) is 0 Å². The van der Waals surface area contributed by atoms with Crippen LogP contribution in [0.4, 0.5) is 0 Å². The molecule has 22 heteroatoms. The molecule has 0 aliphatic heterocycles. The molecular formula is C28H45N9O13. The topological polar surface area (TPSA) is 379 Å². The number of carbonyl (C=O) groups excluding carboxylic acids is 5. The lowest BCUT2D eigenvalue weighted by atomic mass is 10.0. The smallest absolute Gasteiger partial charge is 0.326 e. The molecule has 50 heavy (non-hydrogen) atoms. The van der Waals surface area contributed by atoms with Crippen LogP contribution in [0.3, 0.4) is 0 Å². The van der Waals surface area contributed by atoms with Gasteiger partial charge in [0.2, 0.25) is 29.5 Å². The van der Waals surface area contributed by atoms with Gasteiger partial charge < -0.3 is 68.6 Å². The molecule has 1 heterocycles. The highest BCUT2D eigenvalue weighted by Gasteiger charge is 2.34. The number of imidazole rings is 1. The summed E-state index contributed by atoms with van der Waals surface area (Å²) in [6.45, 7) is 0.360. The van der Waals surface area contributed by atoms with Gasteiger partial charge in [0.05, 0.1) is 31.5 Å². The Morgan fingerprint density at radius 3 is 1.88 bits per heavy atom. The Morgan fingerprint density at radius 2 is 1.36 bits per heavy atom. The lowest BCUT2D eigenvalue weighted by molar-refractivity contribution is -0.143. The molecule has 0 bridgehead atoms. The van der Waals surface area contributed by atoms with Gasteiger partial charge in [0.1, 0.15) is 30.2 Å². The van der Waals surface area contributed by atoms with Gasteiger partial charge in [-0.25, -0.2) is 9.78 Å². The van der Waals surface area contributed by atoms with Crippen LogP contribution < -0.4 is 38.1 Å². The van der Waals surface area contributed by atoms with Crippen molar-refractivity contribution >= 4 is 47.4 Å². The van der Waals surface area contributed by atoms with Crippen LogP contribution in [-0.4, -0.2) is 138 Å². The molecule has 1 rings (SSSR count). The number of aromatic amines is 1. The number of nitrogens with two attached hydrogens (primary N) is 2. The summed E-state index contributed by atoms with van der Waals surface area (Å²) in [6, 6.07) is -9.52. The molecule has 1 aromatic heterocycles. The van der Waals surface area contributed by atoms with E-state index in [0.29, 0.717) is 12.1 Å². The Bertz CT molecular complexity index is 1330. The summed E-state index contributed by atoms with van der Waals surface area (Å²) < 4.78 is 0. The quantitative estimate of drug-likeness (QED) is 0.0444. The third-order valence-electron chi connectivity index (χ3n) is 7.06. The minimum absolute atomic E-state index is 0.0521. The number of carboxylic acids is 3. The Morgan fingerprint density at radius 1 is 0.780 bits per heavy atom. The Balaban J connectivity index is 3.22. The van der Waals surface area contributed by atoms with Gasteiger partial charge in [0, 0.05) is 24.7 Å². The van der Waals surface area contributed by atoms with Gasteiger partial charge in [-0.15, -0.1) is 0 Å². The molecule has 0 radical (unpaired) electrons. The fourth-order valence-electron chi connectivity index (χ4n) is 4.33. The maximum atomic E-state index is 13.6. The number of rotatable bonds is 24. The zero-order chi connectivity index (χ0) is 38.0. The number of aliphatic carboxylic acids is 3. The number of nitrogens with one attached hydrogen (secondary N) is 6. The summed E-state index contributed by atoms with van der Waals surface area (Å²) >= 11 is 0. The predicted molar refractivity (Wildman–Crippen MR) is 168 cm³/mol. The molecule has 15 N–H and O–H groups in total. The normalized spacial score (nSPS) is 15.1. The highest BCUT2D eigenvalue weighted by molar-refractivity contribution is 5.97. The average molecular weight is 716 g/mol. The number of carbonyl (C=O) groups is 8. The van der Waals surface area contributed by atoms with E-state index in [4.69, 9.17) is 21.7 Å². The fourth-order valence-corrected chi connectivity index (χ4v) is 4.33. The molecular weight excluding hydrogens is 670 g/mol. The van der Waals surface area contributed by atoms with Crippen LogP contribution in [0.25, 0.3) is 0 Å². The number of carboxylic acid groups (broad SMARTS) is 3. The third kappa shape index (κ3) is 15.4. The van der Waals surface area contributed by atoms with Crippen molar-refractivity contribution in [2.24, 2.45) is 11.5 Å². The van der Waals surface area contributed by atoms with E-state index in [1.54, 1.807) is 0 Å². The van der Waals surface area contributed by atoms with E-state index in [0.717, 1.165) is 6.92 Å². The first-order valence-electron chi connectivity index (χ1n) is 15.4.